The molecule has 1 aromatic carbocycles. The summed E-state index contributed by atoms with van der Waals surface area (Å²) in [6.07, 6.45) is 8.19. The number of fused-ring (bicyclic) bond motifs is 1. The number of carbonyl (C=O) groups excluding carboxylic acids is 2. The molecule has 0 unspecified atom stereocenters. The minimum atomic E-state index is -0.507. The number of nitrogens with zero attached hydrogens (tertiary/aromatic N) is 4. The molecule has 3 aromatic heterocycles. The van der Waals surface area contributed by atoms with Crippen LogP contribution in [0.15, 0.2) is 54.9 Å². The maximum atomic E-state index is 15.0. The van der Waals surface area contributed by atoms with Crippen molar-refractivity contribution in [1.29, 1.82) is 0 Å². The van der Waals surface area contributed by atoms with Crippen molar-refractivity contribution in [2.75, 3.05) is 40.4 Å². The number of pyridine rings is 2. The van der Waals surface area contributed by atoms with Gasteiger partial charge >= 0.3 is 0 Å². The predicted octanol–water partition coefficient (Wildman–Crippen LogP) is 6.38. The van der Waals surface area contributed by atoms with E-state index in [9.17, 15) is 14.0 Å². The summed E-state index contributed by atoms with van der Waals surface area (Å²) in [5.74, 6) is 0.741. The van der Waals surface area contributed by atoms with Crippen molar-refractivity contribution in [3.05, 3.63) is 71.8 Å². The first kappa shape index (κ1) is 30.3. The lowest BCUT2D eigenvalue weighted by Crippen LogP contribution is -2.46. The molecule has 1 saturated carbocycles. The Bertz CT molecular complexity index is 1630. The van der Waals surface area contributed by atoms with Crippen molar-refractivity contribution in [2.45, 2.75) is 44.6 Å². The third kappa shape index (κ3) is 7.14. The minimum Gasteiger partial charge on any atom is -0.453 e. The molecular weight excluding hydrogens is 579 g/mol. The summed E-state index contributed by atoms with van der Waals surface area (Å²) in [5, 5.41) is 0. The number of hydrogen-bond acceptors (Lipinski definition) is 8. The molecule has 230 valence electrons. The first-order valence-corrected chi connectivity index (χ1v) is 16.0. The Labute approximate surface area is 260 Å². The van der Waals surface area contributed by atoms with Gasteiger partial charge in [-0.1, -0.05) is 6.07 Å². The quantitative estimate of drug-likeness (QED) is 0.183. The van der Waals surface area contributed by atoms with E-state index in [0.29, 0.717) is 47.4 Å². The van der Waals surface area contributed by atoms with Crippen LogP contribution < -0.4 is 4.74 Å². The molecule has 0 N–H and O–H groups in total. The van der Waals surface area contributed by atoms with Crippen LogP contribution in [-0.2, 0) is 16.0 Å². The van der Waals surface area contributed by atoms with Crippen molar-refractivity contribution in [2.24, 2.45) is 5.92 Å². The summed E-state index contributed by atoms with van der Waals surface area (Å²) in [5.41, 5.74) is 2.66. The molecule has 6 rings (SSSR count). The van der Waals surface area contributed by atoms with E-state index in [1.807, 2.05) is 23.1 Å². The van der Waals surface area contributed by atoms with Gasteiger partial charge in [0.1, 0.15) is 11.5 Å². The molecule has 1 aliphatic heterocycles. The van der Waals surface area contributed by atoms with Gasteiger partial charge in [-0.15, -0.1) is 11.3 Å². The zero-order chi connectivity index (χ0) is 30.6. The smallest absolute Gasteiger partial charge is 0.255 e. The van der Waals surface area contributed by atoms with Crippen molar-refractivity contribution in [1.82, 2.24) is 19.8 Å². The van der Waals surface area contributed by atoms with Crippen LogP contribution in [0, 0.1) is 11.7 Å². The van der Waals surface area contributed by atoms with Crippen LogP contribution in [0.3, 0.4) is 0 Å². The fourth-order valence-corrected chi connectivity index (χ4v) is 6.74. The molecule has 0 spiro atoms. The maximum absolute atomic E-state index is 15.0. The number of amides is 1. The van der Waals surface area contributed by atoms with Crippen molar-refractivity contribution in [3.63, 3.8) is 0 Å². The van der Waals surface area contributed by atoms with E-state index in [-0.39, 0.29) is 23.9 Å². The van der Waals surface area contributed by atoms with Gasteiger partial charge in [0.25, 0.3) is 5.91 Å². The van der Waals surface area contributed by atoms with Gasteiger partial charge in [-0.25, -0.2) is 4.39 Å². The number of likely N-dealkylation sites (tertiary alicyclic amines) is 1. The Morgan fingerprint density at radius 2 is 1.86 bits per heavy atom. The van der Waals surface area contributed by atoms with Gasteiger partial charge < -0.3 is 19.3 Å². The normalized spacial score (nSPS) is 15.7. The average Bonchev–Trinajstić information content (AvgIpc) is 3.74. The molecular formula is C34H37FN4O4S. The van der Waals surface area contributed by atoms with Crippen LogP contribution in [-0.4, -0.2) is 77.9 Å². The molecule has 4 aromatic rings. The highest BCUT2D eigenvalue weighted by Gasteiger charge is 2.26. The number of piperidine rings is 1. The summed E-state index contributed by atoms with van der Waals surface area (Å²) in [7, 11) is 3.82. The number of carbonyl (C=O) groups is 2. The number of aromatic nitrogens is 2. The SMILES string of the molecule is COCCN(C)C1CCN(C(=O)c2ccc(-c3cc4nccc(Oc5ccc(CC(=O)CC6CC6)cc5F)c4s3)nc2)CC1. The zero-order valence-corrected chi connectivity index (χ0v) is 25.9. The van der Waals surface area contributed by atoms with Gasteiger partial charge in [0.2, 0.25) is 0 Å². The van der Waals surface area contributed by atoms with Crippen molar-refractivity contribution in [3.8, 4) is 22.1 Å². The molecule has 4 heterocycles. The van der Waals surface area contributed by atoms with Crippen LogP contribution in [0.2, 0.25) is 0 Å². The highest BCUT2D eigenvalue weighted by Crippen LogP contribution is 2.39. The lowest BCUT2D eigenvalue weighted by molar-refractivity contribution is -0.118. The number of thiophene rings is 1. The molecule has 8 nitrogen and oxygen atoms in total. The van der Waals surface area contributed by atoms with E-state index in [1.54, 1.807) is 37.7 Å². The zero-order valence-electron chi connectivity index (χ0n) is 25.1. The fraction of sp³-hybridized carbons (Fsp3) is 0.412. The summed E-state index contributed by atoms with van der Waals surface area (Å²) < 4.78 is 26.9. The number of methoxy groups -OCH3 is 1. The summed E-state index contributed by atoms with van der Waals surface area (Å²) in [4.78, 5) is 39.5. The first-order chi connectivity index (χ1) is 21.4. The maximum Gasteiger partial charge on any atom is 0.255 e. The largest absolute Gasteiger partial charge is 0.453 e. The predicted molar refractivity (Wildman–Crippen MR) is 169 cm³/mol. The average molecular weight is 617 g/mol. The molecule has 0 atom stereocenters. The first-order valence-electron chi connectivity index (χ1n) is 15.2. The van der Waals surface area contributed by atoms with E-state index in [0.717, 1.165) is 60.6 Å². The van der Waals surface area contributed by atoms with Crippen LogP contribution >= 0.6 is 11.3 Å². The van der Waals surface area contributed by atoms with Crippen LogP contribution in [0.5, 0.6) is 11.5 Å². The van der Waals surface area contributed by atoms with Crippen LogP contribution in [0.25, 0.3) is 20.8 Å². The van der Waals surface area contributed by atoms with Gasteiger partial charge in [0.05, 0.1) is 33.0 Å². The van der Waals surface area contributed by atoms with E-state index in [1.165, 1.54) is 17.4 Å². The van der Waals surface area contributed by atoms with Gasteiger partial charge in [-0.2, -0.15) is 0 Å². The Morgan fingerprint density at radius 1 is 1.05 bits per heavy atom. The second-order valence-corrected chi connectivity index (χ2v) is 12.8. The van der Waals surface area contributed by atoms with Crippen molar-refractivity contribution >= 4 is 33.2 Å². The third-order valence-corrected chi connectivity index (χ3v) is 9.65. The fourth-order valence-electron chi connectivity index (χ4n) is 5.70. The number of benzene rings is 1. The number of ether oxygens (including phenoxy) is 2. The monoisotopic (exact) mass is 616 g/mol. The highest BCUT2D eigenvalue weighted by atomic mass is 32.1. The Kier molecular flexibility index (Phi) is 9.30. The molecule has 2 fully saturated rings. The van der Waals surface area contributed by atoms with Gasteiger partial charge in [-0.05, 0) is 74.5 Å². The molecule has 1 aliphatic carbocycles. The van der Waals surface area contributed by atoms with Gasteiger partial charge in [0, 0.05) is 64.1 Å². The molecule has 0 radical (unpaired) electrons. The number of Topliss-reactive ketones (excluding diaryl/α,β-unsaturated/α-hetero) is 1. The second kappa shape index (κ2) is 13.5. The summed E-state index contributed by atoms with van der Waals surface area (Å²) >= 11 is 1.45. The Hall–Kier alpha value is -3.73. The highest BCUT2D eigenvalue weighted by molar-refractivity contribution is 7.22. The van der Waals surface area contributed by atoms with Gasteiger partial charge in [-0.3, -0.25) is 19.6 Å². The molecule has 2 aliphatic rings. The Balaban J connectivity index is 1.10. The third-order valence-electron chi connectivity index (χ3n) is 8.49. The summed E-state index contributed by atoms with van der Waals surface area (Å²) in [6.45, 7) is 3.02. The molecule has 10 heteroatoms. The summed E-state index contributed by atoms with van der Waals surface area (Å²) in [6, 6.07) is 12.5. The molecule has 44 heavy (non-hydrogen) atoms. The lowest BCUT2D eigenvalue weighted by atomic mass is 10.0. The molecule has 1 saturated heterocycles. The lowest BCUT2D eigenvalue weighted by Gasteiger charge is -2.36. The van der Waals surface area contributed by atoms with Gasteiger partial charge in [0.15, 0.2) is 11.6 Å². The topological polar surface area (TPSA) is 84.9 Å². The number of hydrogen-bond donors (Lipinski definition) is 0. The van der Waals surface area contributed by atoms with Crippen LogP contribution in [0.1, 0.15) is 48.0 Å². The number of rotatable bonds is 12. The molecule has 1 amide bonds. The van der Waals surface area contributed by atoms with E-state index >= 15 is 0 Å². The molecule has 0 bridgehead atoms. The minimum absolute atomic E-state index is 0.00365. The standard InChI is InChI=1S/C34H37FN4O4S/c1-38(15-16-42-2)25-10-13-39(14-11-25)34(41)24-6-7-28(37-21-24)32-20-29-33(44-32)31(9-12-36-29)43-30-8-5-23(19-27(30)35)18-26(40)17-22-3-4-22/h5-9,12,19-22,25H,3-4,10-11,13-18H2,1-2H3. The number of halogens is 1. The van der Waals surface area contributed by atoms with Crippen LogP contribution in [0.4, 0.5) is 4.39 Å². The number of likely N-dealkylation sites (N-methyl/N-ethyl adjacent to an activating group) is 1. The van der Waals surface area contributed by atoms with E-state index in [4.69, 9.17) is 9.47 Å². The second-order valence-electron chi connectivity index (χ2n) is 11.8. The van der Waals surface area contributed by atoms with Crippen molar-refractivity contribution < 1.29 is 23.5 Å². The van der Waals surface area contributed by atoms with E-state index in [2.05, 4.69) is 21.9 Å². The number of ketones is 1. The van der Waals surface area contributed by atoms with E-state index < -0.39 is 5.82 Å². The Morgan fingerprint density at radius 3 is 2.57 bits per heavy atom.